The number of rotatable bonds is 7. The molecule has 3 N–H and O–H groups in total. The summed E-state index contributed by atoms with van der Waals surface area (Å²) in [5.74, 6) is 0.791. The van der Waals surface area contributed by atoms with Crippen molar-refractivity contribution in [3.8, 4) is 0 Å². The molecule has 6 nitrogen and oxygen atoms in total. The van der Waals surface area contributed by atoms with Crippen molar-refractivity contribution in [2.24, 2.45) is 4.99 Å². The lowest BCUT2D eigenvalue weighted by atomic mass is 10.1. The van der Waals surface area contributed by atoms with E-state index in [0.29, 0.717) is 6.54 Å². The fourth-order valence-corrected chi connectivity index (χ4v) is 2.91. The van der Waals surface area contributed by atoms with Crippen LogP contribution in [0, 0.1) is 0 Å². The molecular weight excluding hydrogens is 314 g/mol. The monoisotopic (exact) mass is 339 g/mol. The smallest absolute Gasteiger partial charge is 0.191 e. The quantitative estimate of drug-likeness (QED) is 0.457. The molecule has 6 heteroatoms. The van der Waals surface area contributed by atoms with Gasteiger partial charge in [0.05, 0.1) is 6.54 Å². The predicted molar refractivity (Wildman–Crippen MR) is 101 cm³/mol. The maximum atomic E-state index is 4.83. The number of aromatic nitrogens is 2. The summed E-state index contributed by atoms with van der Waals surface area (Å²) in [4.78, 5) is 7.95. The van der Waals surface area contributed by atoms with Crippen LogP contribution in [-0.4, -0.2) is 29.2 Å². The summed E-state index contributed by atoms with van der Waals surface area (Å²) in [6, 6.07) is 8.32. The van der Waals surface area contributed by atoms with Crippen molar-refractivity contribution in [1.82, 2.24) is 20.8 Å². The molecular formula is C19H25N5O. The topological polar surface area (TPSA) is 78.2 Å². The zero-order valence-corrected chi connectivity index (χ0v) is 14.8. The van der Waals surface area contributed by atoms with Crippen LogP contribution in [-0.2, 0) is 19.4 Å². The van der Waals surface area contributed by atoms with Gasteiger partial charge >= 0.3 is 0 Å². The molecule has 0 saturated carbocycles. The van der Waals surface area contributed by atoms with Crippen molar-refractivity contribution in [2.45, 2.75) is 33.2 Å². The average Bonchev–Trinajstić information content (AvgIpc) is 3.29. The number of aromatic amines is 1. The first-order valence-electron chi connectivity index (χ1n) is 8.81. The normalized spacial score (nSPS) is 11.8. The van der Waals surface area contributed by atoms with Crippen LogP contribution in [0.1, 0.15) is 30.7 Å². The van der Waals surface area contributed by atoms with E-state index in [1.54, 1.807) is 6.26 Å². The van der Waals surface area contributed by atoms with Crippen LogP contribution in [0.2, 0.25) is 0 Å². The first kappa shape index (κ1) is 17.1. The second-order valence-electron chi connectivity index (χ2n) is 5.87. The van der Waals surface area contributed by atoms with Crippen molar-refractivity contribution >= 4 is 16.9 Å². The molecule has 3 aromatic rings. The fourth-order valence-electron chi connectivity index (χ4n) is 2.91. The number of nitrogens with zero attached hydrogens (tertiary/aromatic N) is 2. The van der Waals surface area contributed by atoms with Gasteiger partial charge in [-0.1, -0.05) is 30.3 Å². The zero-order valence-electron chi connectivity index (χ0n) is 14.8. The summed E-state index contributed by atoms with van der Waals surface area (Å²) in [5.41, 5.74) is 4.76. The van der Waals surface area contributed by atoms with Crippen molar-refractivity contribution in [3.63, 3.8) is 0 Å². The van der Waals surface area contributed by atoms with E-state index in [9.17, 15) is 0 Å². The number of benzene rings is 1. The first-order valence-corrected chi connectivity index (χ1v) is 8.81. The standard InChI is InChI=1S/C19H25N5O/c1-3-14-6-5-7-17-15(12-22-18(14)17)8-10-21-19(20-4-2)23-13-16-9-11-25-24-16/h5-7,9,11-12,22H,3-4,8,10,13H2,1-2H3,(H2,20,21,23). The average molecular weight is 339 g/mol. The molecule has 2 heterocycles. The van der Waals surface area contributed by atoms with Gasteiger partial charge in [0.1, 0.15) is 12.0 Å². The van der Waals surface area contributed by atoms with Gasteiger partial charge in [-0.05, 0) is 30.9 Å². The molecule has 0 aliphatic rings. The lowest BCUT2D eigenvalue weighted by Gasteiger charge is -2.10. The summed E-state index contributed by atoms with van der Waals surface area (Å²) in [5, 5.41) is 11.8. The minimum absolute atomic E-state index is 0.499. The number of hydrogen-bond acceptors (Lipinski definition) is 3. The molecule has 25 heavy (non-hydrogen) atoms. The minimum Gasteiger partial charge on any atom is -0.364 e. The Hall–Kier alpha value is -2.76. The zero-order chi connectivity index (χ0) is 17.5. The number of H-pyrrole nitrogens is 1. The molecule has 0 spiro atoms. The van der Waals surface area contributed by atoms with E-state index in [1.165, 1.54) is 22.0 Å². The van der Waals surface area contributed by atoms with Gasteiger partial charge < -0.3 is 20.1 Å². The summed E-state index contributed by atoms with van der Waals surface area (Å²) in [6.45, 7) is 6.37. The number of fused-ring (bicyclic) bond motifs is 1. The van der Waals surface area contributed by atoms with Gasteiger partial charge in [-0.3, -0.25) is 0 Å². The summed E-state index contributed by atoms with van der Waals surface area (Å²) in [7, 11) is 0. The van der Waals surface area contributed by atoms with E-state index in [-0.39, 0.29) is 0 Å². The number of guanidine groups is 1. The van der Waals surface area contributed by atoms with E-state index in [4.69, 9.17) is 4.52 Å². The second kappa shape index (κ2) is 8.37. The molecule has 0 aliphatic heterocycles. The van der Waals surface area contributed by atoms with Gasteiger partial charge in [0.15, 0.2) is 5.96 Å². The van der Waals surface area contributed by atoms with Gasteiger partial charge in [-0.2, -0.15) is 0 Å². The van der Waals surface area contributed by atoms with Crippen LogP contribution in [0.5, 0.6) is 0 Å². The van der Waals surface area contributed by atoms with E-state index >= 15 is 0 Å². The van der Waals surface area contributed by atoms with E-state index in [2.05, 4.69) is 64.0 Å². The molecule has 0 saturated heterocycles. The third kappa shape index (κ3) is 4.21. The van der Waals surface area contributed by atoms with Crippen LogP contribution >= 0.6 is 0 Å². The minimum atomic E-state index is 0.499. The molecule has 0 radical (unpaired) electrons. The predicted octanol–water partition coefficient (Wildman–Crippen LogP) is 3.02. The van der Waals surface area contributed by atoms with Crippen molar-refractivity contribution in [3.05, 3.63) is 53.5 Å². The highest BCUT2D eigenvalue weighted by Crippen LogP contribution is 2.22. The molecule has 0 aliphatic carbocycles. The van der Waals surface area contributed by atoms with E-state index in [1.807, 2.05) is 6.07 Å². The third-order valence-corrected chi connectivity index (χ3v) is 4.19. The highest BCUT2D eigenvalue weighted by atomic mass is 16.5. The molecule has 2 aromatic heterocycles. The largest absolute Gasteiger partial charge is 0.364 e. The van der Waals surface area contributed by atoms with Gasteiger partial charge in [0.2, 0.25) is 0 Å². The second-order valence-corrected chi connectivity index (χ2v) is 5.87. The number of para-hydroxylation sites is 1. The molecule has 0 fully saturated rings. The summed E-state index contributed by atoms with van der Waals surface area (Å²) >= 11 is 0. The SMILES string of the molecule is CCNC(=NCc1ccon1)NCCc1c[nH]c2c(CC)cccc12. The highest BCUT2D eigenvalue weighted by molar-refractivity contribution is 5.86. The number of nitrogens with one attached hydrogen (secondary N) is 3. The molecule has 0 unspecified atom stereocenters. The molecule has 132 valence electrons. The Bertz CT molecular complexity index is 820. The summed E-state index contributed by atoms with van der Waals surface area (Å²) < 4.78 is 4.83. The van der Waals surface area contributed by atoms with Crippen LogP contribution in [0.3, 0.4) is 0 Å². The molecule has 0 atom stereocenters. The summed E-state index contributed by atoms with van der Waals surface area (Å²) in [6.07, 6.45) is 5.65. The Labute approximate surface area is 147 Å². The van der Waals surface area contributed by atoms with Gasteiger partial charge in [0.25, 0.3) is 0 Å². The van der Waals surface area contributed by atoms with Crippen molar-refractivity contribution in [2.75, 3.05) is 13.1 Å². The highest BCUT2D eigenvalue weighted by Gasteiger charge is 2.07. The maximum absolute atomic E-state index is 4.83. The van der Waals surface area contributed by atoms with E-state index in [0.717, 1.165) is 37.6 Å². The molecule has 3 rings (SSSR count). The lowest BCUT2D eigenvalue weighted by Crippen LogP contribution is -2.38. The molecule has 1 aromatic carbocycles. The fraction of sp³-hybridized carbons (Fsp3) is 0.368. The third-order valence-electron chi connectivity index (χ3n) is 4.19. The van der Waals surface area contributed by atoms with Gasteiger partial charge in [-0.25, -0.2) is 4.99 Å². The Kier molecular flexibility index (Phi) is 5.72. The first-order chi connectivity index (χ1) is 12.3. The Morgan fingerprint density at radius 2 is 2.12 bits per heavy atom. The maximum Gasteiger partial charge on any atom is 0.191 e. The number of aryl methyl sites for hydroxylation is 1. The number of aliphatic imine (C=N–C) groups is 1. The Morgan fingerprint density at radius 3 is 2.88 bits per heavy atom. The van der Waals surface area contributed by atoms with Crippen molar-refractivity contribution < 1.29 is 4.52 Å². The van der Waals surface area contributed by atoms with Crippen LogP contribution in [0.15, 0.2) is 46.2 Å². The lowest BCUT2D eigenvalue weighted by molar-refractivity contribution is 0.412. The van der Waals surface area contributed by atoms with Crippen LogP contribution < -0.4 is 10.6 Å². The molecule has 0 bridgehead atoms. The molecule has 0 amide bonds. The number of hydrogen-bond donors (Lipinski definition) is 3. The van der Waals surface area contributed by atoms with Crippen molar-refractivity contribution in [1.29, 1.82) is 0 Å². The van der Waals surface area contributed by atoms with Gasteiger partial charge in [0, 0.05) is 36.3 Å². The Balaban J connectivity index is 1.61. The van der Waals surface area contributed by atoms with E-state index < -0.39 is 0 Å². The van der Waals surface area contributed by atoms with Crippen LogP contribution in [0.4, 0.5) is 0 Å². The van der Waals surface area contributed by atoms with Gasteiger partial charge in [-0.15, -0.1) is 0 Å². The Morgan fingerprint density at radius 1 is 1.20 bits per heavy atom. The van der Waals surface area contributed by atoms with Crippen LogP contribution in [0.25, 0.3) is 10.9 Å².